The normalized spacial score (nSPS) is 10.3. The highest BCUT2D eigenvalue weighted by molar-refractivity contribution is 5.87. The Hall–Kier alpha value is -3.01. The van der Waals surface area contributed by atoms with Crippen LogP contribution in [0.5, 0.6) is 5.75 Å². The number of aryl methyl sites for hydroxylation is 1. The molecule has 0 aliphatic rings. The highest BCUT2D eigenvalue weighted by atomic mass is 16.5. The number of carbonyl (C=O) groups excluding carboxylic acids is 1. The second-order valence-corrected chi connectivity index (χ2v) is 5.16. The Balaban J connectivity index is 1.87. The molecule has 2 aromatic carbocycles. The first kappa shape index (κ1) is 14.9. The molecule has 0 saturated heterocycles. The van der Waals surface area contributed by atoms with Gasteiger partial charge in [-0.3, -0.25) is 4.79 Å². The number of rotatable bonds is 5. The molecule has 3 aromatic rings. The summed E-state index contributed by atoms with van der Waals surface area (Å²) in [5, 5.41) is 0. The molecule has 4 heteroatoms. The molecule has 0 bridgehead atoms. The zero-order chi connectivity index (χ0) is 16.1. The van der Waals surface area contributed by atoms with Gasteiger partial charge in [-0.15, -0.1) is 0 Å². The third kappa shape index (κ3) is 3.61. The van der Waals surface area contributed by atoms with Gasteiger partial charge in [0, 0.05) is 23.5 Å². The molecule has 0 unspecified atom stereocenters. The Morgan fingerprint density at radius 1 is 1.04 bits per heavy atom. The summed E-state index contributed by atoms with van der Waals surface area (Å²) in [6.07, 6.45) is 4.26. The molecule has 23 heavy (non-hydrogen) atoms. The van der Waals surface area contributed by atoms with Crippen LogP contribution in [0.25, 0.3) is 11.1 Å². The van der Waals surface area contributed by atoms with Crippen LogP contribution in [0.15, 0.2) is 60.9 Å². The van der Waals surface area contributed by atoms with Crippen LogP contribution in [0.2, 0.25) is 0 Å². The summed E-state index contributed by atoms with van der Waals surface area (Å²) in [4.78, 5) is 19.6. The number of benzene rings is 2. The van der Waals surface area contributed by atoms with Crippen molar-refractivity contribution in [2.75, 3.05) is 0 Å². The van der Waals surface area contributed by atoms with E-state index in [2.05, 4.69) is 9.97 Å². The number of hydrogen-bond acceptors (Lipinski definition) is 4. The van der Waals surface area contributed by atoms with Crippen molar-refractivity contribution < 1.29 is 9.53 Å². The summed E-state index contributed by atoms with van der Waals surface area (Å²) in [5.74, 6) is 1.40. The molecule has 0 radical (unpaired) electrons. The Bertz CT molecular complexity index is 799. The SMILES string of the molecule is Cc1ncc(-c2cc(OCc3ccccc3)ccc2C=O)cn1. The number of aromatic nitrogens is 2. The molecule has 1 heterocycles. The standard InChI is InChI=1S/C19H16N2O2/c1-14-20-10-17(11-21-14)19-9-18(8-7-16(19)12-22)23-13-15-5-3-2-4-6-15/h2-12H,13H2,1H3. The van der Waals surface area contributed by atoms with Crippen molar-refractivity contribution in [1.82, 2.24) is 9.97 Å². The monoisotopic (exact) mass is 304 g/mol. The lowest BCUT2D eigenvalue weighted by atomic mass is 10.0. The minimum Gasteiger partial charge on any atom is -0.489 e. The first-order valence-electron chi connectivity index (χ1n) is 7.31. The lowest BCUT2D eigenvalue weighted by Gasteiger charge is -2.10. The molecule has 3 rings (SSSR count). The summed E-state index contributed by atoms with van der Waals surface area (Å²) < 4.78 is 5.82. The van der Waals surface area contributed by atoms with E-state index >= 15 is 0 Å². The average molecular weight is 304 g/mol. The molecule has 0 saturated carbocycles. The fourth-order valence-electron chi connectivity index (χ4n) is 2.25. The fraction of sp³-hybridized carbons (Fsp3) is 0.105. The van der Waals surface area contributed by atoms with E-state index in [9.17, 15) is 4.79 Å². The second-order valence-electron chi connectivity index (χ2n) is 5.16. The molecule has 0 N–H and O–H groups in total. The average Bonchev–Trinajstić information content (AvgIpc) is 2.61. The zero-order valence-electron chi connectivity index (χ0n) is 12.8. The molecule has 0 atom stereocenters. The second kappa shape index (κ2) is 6.83. The van der Waals surface area contributed by atoms with Crippen LogP contribution >= 0.6 is 0 Å². The summed E-state index contributed by atoms with van der Waals surface area (Å²) in [5.41, 5.74) is 3.24. The largest absolute Gasteiger partial charge is 0.489 e. The van der Waals surface area contributed by atoms with Crippen molar-refractivity contribution in [3.05, 3.63) is 77.9 Å². The van der Waals surface area contributed by atoms with Gasteiger partial charge < -0.3 is 4.74 Å². The summed E-state index contributed by atoms with van der Waals surface area (Å²) in [6.45, 7) is 2.30. The van der Waals surface area contributed by atoms with E-state index in [-0.39, 0.29) is 0 Å². The molecular formula is C19H16N2O2. The minimum atomic E-state index is 0.477. The maximum absolute atomic E-state index is 11.3. The first-order chi connectivity index (χ1) is 11.3. The van der Waals surface area contributed by atoms with Gasteiger partial charge in [0.25, 0.3) is 0 Å². The number of ether oxygens (including phenoxy) is 1. The van der Waals surface area contributed by atoms with E-state index in [1.165, 1.54) is 0 Å². The van der Waals surface area contributed by atoms with E-state index < -0.39 is 0 Å². The van der Waals surface area contributed by atoms with Gasteiger partial charge in [-0.25, -0.2) is 9.97 Å². The van der Waals surface area contributed by atoms with Gasteiger partial charge in [0.15, 0.2) is 6.29 Å². The molecule has 0 aliphatic carbocycles. The predicted molar refractivity (Wildman–Crippen MR) is 88.4 cm³/mol. The van der Waals surface area contributed by atoms with Gasteiger partial charge in [-0.2, -0.15) is 0 Å². The van der Waals surface area contributed by atoms with Crippen molar-refractivity contribution in [3.63, 3.8) is 0 Å². The van der Waals surface area contributed by atoms with Crippen LogP contribution in [-0.2, 0) is 6.61 Å². The molecule has 1 aromatic heterocycles. The van der Waals surface area contributed by atoms with Crippen LogP contribution in [0.1, 0.15) is 21.7 Å². The third-order valence-corrected chi connectivity index (χ3v) is 3.49. The number of carbonyl (C=O) groups is 1. The fourth-order valence-corrected chi connectivity index (χ4v) is 2.25. The van der Waals surface area contributed by atoms with Crippen LogP contribution in [-0.4, -0.2) is 16.3 Å². The molecule has 4 nitrogen and oxygen atoms in total. The lowest BCUT2D eigenvalue weighted by Crippen LogP contribution is -1.97. The first-order valence-corrected chi connectivity index (χ1v) is 7.31. The minimum absolute atomic E-state index is 0.477. The van der Waals surface area contributed by atoms with E-state index in [1.54, 1.807) is 24.5 Å². The zero-order valence-corrected chi connectivity index (χ0v) is 12.8. The molecule has 114 valence electrons. The molecule has 0 amide bonds. The quantitative estimate of drug-likeness (QED) is 0.672. The Morgan fingerprint density at radius 2 is 1.78 bits per heavy atom. The third-order valence-electron chi connectivity index (χ3n) is 3.49. The number of hydrogen-bond donors (Lipinski definition) is 0. The van der Waals surface area contributed by atoms with Crippen molar-refractivity contribution in [2.24, 2.45) is 0 Å². The number of aldehydes is 1. The summed E-state index contributed by atoms with van der Waals surface area (Å²) in [6, 6.07) is 15.3. The van der Waals surface area contributed by atoms with E-state index in [0.29, 0.717) is 23.7 Å². The molecule has 0 aliphatic heterocycles. The maximum Gasteiger partial charge on any atom is 0.150 e. The molecular weight excluding hydrogens is 288 g/mol. The Labute approximate surface area is 134 Å². The van der Waals surface area contributed by atoms with E-state index in [0.717, 1.165) is 23.0 Å². The summed E-state index contributed by atoms with van der Waals surface area (Å²) >= 11 is 0. The van der Waals surface area contributed by atoms with Crippen LogP contribution in [0.4, 0.5) is 0 Å². The van der Waals surface area contributed by atoms with Crippen LogP contribution in [0, 0.1) is 6.92 Å². The smallest absolute Gasteiger partial charge is 0.150 e. The van der Waals surface area contributed by atoms with Crippen molar-refractivity contribution in [2.45, 2.75) is 13.5 Å². The van der Waals surface area contributed by atoms with Gasteiger partial charge >= 0.3 is 0 Å². The maximum atomic E-state index is 11.3. The van der Waals surface area contributed by atoms with Crippen molar-refractivity contribution in [1.29, 1.82) is 0 Å². The van der Waals surface area contributed by atoms with Crippen molar-refractivity contribution >= 4 is 6.29 Å². The van der Waals surface area contributed by atoms with E-state index in [4.69, 9.17) is 4.74 Å². The van der Waals surface area contributed by atoms with Crippen molar-refractivity contribution in [3.8, 4) is 16.9 Å². The van der Waals surface area contributed by atoms with Crippen LogP contribution < -0.4 is 4.74 Å². The Morgan fingerprint density at radius 3 is 2.48 bits per heavy atom. The highest BCUT2D eigenvalue weighted by Gasteiger charge is 2.08. The topological polar surface area (TPSA) is 52.1 Å². The number of nitrogens with zero attached hydrogens (tertiary/aromatic N) is 2. The van der Waals surface area contributed by atoms with Gasteiger partial charge in [-0.1, -0.05) is 30.3 Å². The highest BCUT2D eigenvalue weighted by Crippen LogP contribution is 2.27. The summed E-state index contributed by atoms with van der Waals surface area (Å²) in [7, 11) is 0. The van der Waals surface area contributed by atoms with E-state index in [1.807, 2.05) is 43.3 Å². The van der Waals surface area contributed by atoms with Gasteiger partial charge in [0.05, 0.1) is 0 Å². The van der Waals surface area contributed by atoms with Gasteiger partial charge in [0.1, 0.15) is 18.2 Å². The van der Waals surface area contributed by atoms with Gasteiger partial charge in [0.2, 0.25) is 0 Å². The Kier molecular flexibility index (Phi) is 4.43. The van der Waals surface area contributed by atoms with Crippen LogP contribution in [0.3, 0.4) is 0 Å². The molecule has 0 fully saturated rings. The lowest BCUT2D eigenvalue weighted by molar-refractivity contribution is 0.112. The molecule has 0 spiro atoms. The van der Waals surface area contributed by atoms with Gasteiger partial charge in [-0.05, 0) is 36.2 Å². The predicted octanol–water partition coefficient (Wildman–Crippen LogP) is 3.84.